The molecule has 0 amide bonds. The minimum absolute atomic E-state index is 0.110. The number of fused-ring (bicyclic) bond motifs is 1. The molecule has 1 aromatic carbocycles. The van der Waals surface area contributed by atoms with Gasteiger partial charge in [0.15, 0.2) is 11.5 Å². The lowest BCUT2D eigenvalue weighted by atomic mass is 9.66. The molecule has 24 heavy (non-hydrogen) atoms. The van der Waals surface area contributed by atoms with E-state index in [1.165, 1.54) is 16.8 Å². The number of hydrogen-bond donors (Lipinski definition) is 1. The molecule has 4 heteroatoms. The maximum atomic E-state index is 5.53. The van der Waals surface area contributed by atoms with Gasteiger partial charge in [-0.15, -0.1) is 0 Å². The van der Waals surface area contributed by atoms with Gasteiger partial charge < -0.3 is 14.8 Å². The quantitative estimate of drug-likeness (QED) is 0.886. The van der Waals surface area contributed by atoms with E-state index >= 15 is 0 Å². The molecule has 1 aliphatic carbocycles. The molecule has 2 aromatic rings. The molecule has 128 valence electrons. The lowest BCUT2D eigenvalue weighted by Crippen LogP contribution is -2.36. The van der Waals surface area contributed by atoms with Crippen molar-refractivity contribution in [2.75, 3.05) is 27.8 Å². The van der Waals surface area contributed by atoms with Crippen LogP contribution in [-0.4, -0.2) is 32.8 Å². The van der Waals surface area contributed by atoms with Crippen molar-refractivity contribution in [2.45, 2.75) is 31.1 Å². The number of hydrogen-bond acceptors (Lipinski definition) is 4. The molecule has 0 spiro atoms. The van der Waals surface area contributed by atoms with E-state index in [2.05, 4.69) is 28.5 Å². The largest absolute Gasteiger partial charge is 0.493 e. The number of aromatic nitrogens is 1. The Labute approximate surface area is 144 Å². The summed E-state index contributed by atoms with van der Waals surface area (Å²) in [6, 6.07) is 10.6. The molecule has 0 saturated carbocycles. The predicted molar refractivity (Wildman–Crippen MR) is 96.0 cm³/mol. The predicted octanol–water partition coefficient (Wildman–Crippen LogP) is 3.14. The minimum atomic E-state index is 0.110. The van der Waals surface area contributed by atoms with E-state index in [-0.39, 0.29) is 5.41 Å². The number of benzene rings is 1. The molecule has 4 nitrogen and oxygen atoms in total. The Hall–Kier alpha value is -2.07. The second-order valence-corrected chi connectivity index (χ2v) is 6.49. The number of nitrogens with zero attached hydrogens (tertiary/aromatic N) is 1. The summed E-state index contributed by atoms with van der Waals surface area (Å²) in [5, 5.41) is 3.31. The van der Waals surface area contributed by atoms with Crippen LogP contribution in [0.2, 0.25) is 0 Å². The average molecular weight is 326 g/mol. The van der Waals surface area contributed by atoms with Crippen molar-refractivity contribution >= 4 is 0 Å². The smallest absolute Gasteiger partial charge is 0.161 e. The zero-order valence-corrected chi connectivity index (χ0v) is 14.8. The van der Waals surface area contributed by atoms with Crippen LogP contribution in [-0.2, 0) is 18.3 Å². The highest BCUT2D eigenvalue weighted by molar-refractivity contribution is 5.46. The topological polar surface area (TPSA) is 43.4 Å². The molecule has 3 rings (SSSR count). The van der Waals surface area contributed by atoms with Crippen molar-refractivity contribution in [1.82, 2.24) is 10.3 Å². The maximum absolute atomic E-state index is 5.53. The van der Waals surface area contributed by atoms with E-state index in [0.717, 1.165) is 43.7 Å². The normalized spacial score (nSPS) is 19.6. The Morgan fingerprint density at radius 1 is 1.17 bits per heavy atom. The van der Waals surface area contributed by atoms with Gasteiger partial charge in [0.1, 0.15) is 0 Å². The van der Waals surface area contributed by atoms with Crippen molar-refractivity contribution in [3.05, 3.63) is 53.3 Å². The second kappa shape index (κ2) is 7.22. The lowest BCUT2D eigenvalue weighted by molar-refractivity contribution is 0.329. The van der Waals surface area contributed by atoms with Gasteiger partial charge in [0.05, 0.1) is 14.2 Å². The van der Waals surface area contributed by atoms with E-state index in [4.69, 9.17) is 9.47 Å². The van der Waals surface area contributed by atoms with Crippen molar-refractivity contribution in [1.29, 1.82) is 0 Å². The summed E-state index contributed by atoms with van der Waals surface area (Å²) in [5.74, 6) is 1.58. The Kier molecular flexibility index (Phi) is 5.05. The van der Waals surface area contributed by atoms with Crippen LogP contribution in [0.15, 0.2) is 36.5 Å². The van der Waals surface area contributed by atoms with Gasteiger partial charge in [-0.2, -0.15) is 0 Å². The number of nitrogens with one attached hydrogen (secondary N) is 1. The molecule has 0 bridgehead atoms. The highest BCUT2D eigenvalue weighted by Gasteiger charge is 2.36. The molecule has 1 N–H and O–H groups in total. The number of aryl methyl sites for hydroxylation is 1. The Morgan fingerprint density at radius 3 is 2.75 bits per heavy atom. The highest BCUT2D eigenvalue weighted by Crippen LogP contribution is 2.43. The van der Waals surface area contributed by atoms with Crippen LogP contribution >= 0.6 is 0 Å². The molecule has 0 saturated heterocycles. The van der Waals surface area contributed by atoms with Gasteiger partial charge in [-0.3, -0.25) is 4.98 Å². The van der Waals surface area contributed by atoms with Gasteiger partial charge in [-0.05, 0) is 68.6 Å². The van der Waals surface area contributed by atoms with Crippen LogP contribution in [0.4, 0.5) is 0 Å². The summed E-state index contributed by atoms with van der Waals surface area (Å²) in [5.41, 5.74) is 4.05. The molecule has 1 aliphatic rings. The molecule has 1 aromatic heterocycles. The van der Waals surface area contributed by atoms with Crippen LogP contribution in [0.1, 0.15) is 29.7 Å². The van der Waals surface area contributed by atoms with E-state index in [0.29, 0.717) is 0 Å². The summed E-state index contributed by atoms with van der Waals surface area (Å²) in [6.45, 7) is 0.990. The molecule has 0 unspecified atom stereocenters. The van der Waals surface area contributed by atoms with E-state index in [1.54, 1.807) is 14.2 Å². The fourth-order valence-corrected chi connectivity index (χ4v) is 3.80. The number of pyridine rings is 1. The Balaban J connectivity index is 2.01. The zero-order chi connectivity index (χ0) is 17.0. The van der Waals surface area contributed by atoms with Crippen LogP contribution < -0.4 is 14.8 Å². The fraction of sp³-hybridized carbons (Fsp3) is 0.450. The van der Waals surface area contributed by atoms with Crippen LogP contribution in [0.3, 0.4) is 0 Å². The monoisotopic (exact) mass is 326 g/mol. The third kappa shape index (κ3) is 3.11. The second-order valence-electron chi connectivity index (χ2n) is 6.49. The first kappa shape index (κ1) is 16.8. The summed E-state index contributed by atoms with van der Waals surface area (Å²) < 4.78 is 10.9. The lowest BCUT2D eigenvalue weighted by Gasteiger charge is -2.39. The molecule has 0 fully saturated rings. The van der Waals surface area contributed by atoms with Gasteiger partial charge in [-0.1, -0.05) is 12.1 Å². The van der Waals surface area contributed by atoms with Crippen molar-refractivity contribution in [3.8, 4) is 11.5 Å². The molecule has 0 radical (unpaired) electrons. The first-order chi connectivity index (χ1) is 11.7. The van der Waals surface area contributed by atoms with Gasteiger partial charge in [0.2, 0.25) is 0 Å². The molecule has 1 heterocycles. The SMILES string of the molecule is CNCC[C@]1(c2ccc(OC)c(OC)c2)CCc2ncccc2C1. The van der Waals surface area contributed by atoms with Crippen molar-refractivity contribution < 1.29 is 9.47 Å². The minimum Gasteiger partial charge on any atom is -0.493 e. The third-order valence-corrected chi connectivity index (χ3v) is 5.20. The number of rotatable bonds is 6. The van der Waals surface area contributed by atoms with Crippen molar-refractivity contribution in [3.63, 3.8) is 0 Å². The Morgan fingerprint density at radius 2 is 2.00 bits per heavy atom. The summed E-state index contributed by atoms with van der Waals surface area (Å²) in [4.78, 5) is 4.56. The molecule has 1 atom stereocenters. The average Bonchev–Trinajstić information content (AvgIpc) is 2.65. The molecular weight excluding hydrogens is 300 g/mol. The highest BCUT2D eigenvalue weighted by atomic mass is 16.5. The van der Waals surface area contributed by atoms with Crippen LogP contribution in [0.5, 0.6) is 11.5 Å². The van der Waals surface area contributed by atoms with E-state index < -0.39 is 0 Å². The standard InChI is InChI=1S/C20H26N2O2/c1-21-12-10-20(9-8-17-15(14-20)5-4-11-22-17)16-6-7-18(23-2)19(13-16)24-3/h4-7,11,13,21H,8-10,12,14H2,1-3H3/t20-/m1/s1. The van der Waals surface area contributed by atoms with E-state index in [9.17, 15) is 0 Å². The van der Waals surface area contributed by atoms with Crippen LogP contribution in [0, 0.1) is 0 Å². The first-order valence-corrected chi connectivity index (χ1v) is 8.52. The molecular formula is C20H26N2O2. The third-order valence-electron chi connectivity index (χ3n) is 5.20. The zero-order valence-electron chi connectivity index (χ0n) is 14.8. The first-order valence-electron chi connectivity index (χ1n) is 8.52. The summed E-state index contributed by atoms with van der Waals surface area (Å²) in [7, 11) is 5.39. The summed E-state index contributed by atoms with van der Waals surface area (Å²) in [6.07, 6.45) is 6.14. The number of ether oxygens (including phenoxy) is 2. The number of methoxy groups -OCH3 is 2. The fourth-order valence-electron chi connectivity index (χ4n) is 3.80. The molecule has 0 aliphatic heterocycles. The van der Waals surface area contributed by atoms with Gasteiger partial charge in [0, 0.05) is 17.3 Å². The van der Waals surface area contributed by atoms with E-state index in [1.807, 2.05) is 25.4 Å². The van der Waals surface area contributed by atoms with Crippen molar-refractivity contribution in [2.24, 2.45) is 0 Å². The van der Waals surface area contributed by atoms with Gasteiger partial charge in [-0.25, -0.2) is 0 Å². The van der Waals surface area contributed by atoms with Gasteiger partial charge in [0.25, 0.3) is 0 Å². The summed E-state index contributed by atoms with van der Waals surface area (Å²) >= 11 is 0. The van der Waals surface area contributed by atoms with Gasteiger partial charge >= 0.3 is 0 Å². The van der Waals surface area contributed by atoms with Crippen LogP contribution in [0.25, 0.3) is 0 Å². The maximum Gasteiger partial charge on any atom is 0.161 e. The Bertz CT molecular complexity index is 702.